The number of benzene rings is 1. The van der Waals surface area contributed by atoms with Crippen molar-refractivity contribution in [3.8, 4) is 11.9 Å². The molecule has 1 fully saturated rings. The fraction of sp³-hybridized carbons (Fsp3) is 0.292. The molecule has 1 saturated heterocycles. The molecule has 168 valence electrons. The van der Waals surface area contributed by atoms with Crippen LogP contribution in [0.1, 0.15) is 39.8 Å². The zero-order chi connectivity index (χ0) is 23.4. The van der Waals surface area contributed by atoms with E-state index in [1.54, 1.807) is 37.4 Å². The molecule has 0 spiro atoms. The van der Waals surface area contributed by atoms with Gasteiger partial charge in [0.25, 0.3) is 5.91 Å². The van der Waals surface area contributed by atoms with Gasteiger partial charge in [-0.2, -0.15) is 5.26 Å². The van der Waals surface area contributed by atoms with Crippen LogP contribution >= 0.6 is 23.2 Å². The summed E-state index contributed by atoms with van der Waals surface area (Å²) >= 11 is 12.4. The summed E-state index contributed by atoms with van der Waals surface area (Å²) < 4.78 is 5.80. The van der Waals surface area contributed by atoms with Crippen LogP contribution in [0.5, 0.6) is 5.88 Å². The second-order valence-corrected chi connectivity index (χ2v) is 8.69. The minimum Gasteiger partial charge on any atom is -0.478 e. The fourth-order valence-electron chi connectivity index (χ4n) is 4.03. The first-order chi connectivity index (χ1) is 15.9. The summed E-state index contributed by atoms with van der Waals surface area (Å²) in [6.45, 7) is 3.29. The van der Waals surface area contributed by atoms with Crippen molar-refractivity contribution in [1.82, 2.24) is 19.9 Å². The minimum atomic E-state index is -0.122. The molecule has 4 rings (SSSR count). The molecule has 1 aliphatic heterocycles. The maximum atomic E-state index is 13.1. The van der Waals surface area contributed by atoms with E-state index in [0.29, 0.717) is 59.1 Å². The molecule has 7 nitrogen and oxygen atoms in total. The molecule has 0 radical (unpaired) electrons. The summed E-state index contributed by atoms with van der Waals surface area (Å²) in [4.78, 5) is 27.4. The molecule has 0 bridgehead atoms. The number of carbonyl (C=O) groups is 1. The van der Waals surface area contributed by atoms with E-state index in [-0.39, 0.29) is 17.7 Å². The van der Waals surface area contributed by atoms with Gasteiger partial charge in [-0.3, -0.25) is 4.79 Å². The van der Waals surface area contributed by atoms with Crippen molar-refractivity contribution in [2.24, 2.45) is 5.92 Å². The Morgan fingerprint density at radius 2 is 2.03 bits per heavy atom. The molecule has 2 atom stereocenters. The number of amides is 1. The Kier molecular flexibility index (Phi) is 7.07. The predicted molar refractivity (Wildman–Crippen MR) is 124 cm³/mol. The Morgan fingerprint density at radius 1 is 1.18 bits per heavy atom. The Hall–Kier alpha value is -3.21. The number of hydrogen-bond acceptors (Lipinski definition) is 6. The molecule has 3 heterocycles. The topological polar surface area (TPSA) is 92.0 Å². The first kappa shape index (κ1) is 23.0. The summed E-state index contributed by atoms with van der Waals surface area (Å²) in [5, 5.41) is 9.88. The van der Waals surface area contributed by atoms with Gasteiger partial charge in [0.2, 0.25) is 5.88 Å². The number of halogens is 2. The molecular formula is C24H21Cl2N5O2. The second kappa shape index (κ2) is 10.2. The van der Waals surface area contributed by atoms with Gasteiger partial charge in [-0.1, -0.05) is 29.3 Å². The molecule has 0 aliphatic carbocycles. The molecule has 0 saturated carbocycles. The lowest BCUT2D eigenvalue weighted by atomic mass is 9.87. The Balaban J connectivity index is 1.50. The van der Waals surface area contributed by atoms with E-state index >= 15 is 0 Å². The van der Waals surface area contributed by atoms with Gasteiger partial charge >= 0.3 is 0 Å². The third-order valence-electron chi connectivity index (χ3n) is 5.70. The van der Waals surface area contributed by atoms with Gasteiger partial charge in [-0.05, 0) is 49.1 Å². The van der Waals surface area contributed by atoms with E-state index in [1.165, 1.54) is 6.20 Å². The molecule has 1 amide bonds. The highest BCUT2D eigenvalue weighted by atomic mass is 35.5. The second-order valence-electron chi connectivity index (χ2n) is 7.87. The Labute approximate surface area is 202 Å². The van der Waals surface area contributed by atoms with Gasteiger partial charge < -0.3 is 9.64 Å². The lowest BCUT2D eigenvalue weighted by Gasteiger charge is -2.19. The zero-order valence-corrected chi connectivity index (χ0v) is 19.4. The lowest BCUT2D eigenvalue weighted by molar-refractivity contribution is 0.0778. The number of rotatable bonds is 6. The van der Waals surface area contributed by atoms with Crippen molar-refractivity contribution in [2.45, 2.75) is 19.3 Å². The van der Waals surface area contributed by atoms with E-state index in [4.69, 9.17) is 33.2 Å². The van der Waals surface area contributed by atoms with Crippen LogP contribution < -0.4 is 4.74 Å². The maximum Gasteiger partial charge on any atom is 0.272 e. The molecule has 33 heavy (non-hydrogen) atoms. The highest BCUT2D eigenvalue weighted by molar-refractivity contribution is 6.42. The molecule has 9 heteroatoms. The predicted octanol–water partition coefficient (Wildman–Crippen LogP) is 4.68. The van der Waals surface area contributed by atoms with E-state index in [2.05, 4.69) is 15.0 Å². The third kappa shape index (κ3) is 5.41. The van der Waals surface area contributed by atoms with Crippen LogP contribution in [0, 0.1) is 24.2 Å². The average Bonchev–Trinajstić information content (AvgIpc) is 3.25. The first-order valence-electron chi connectivity index (χ1n) is 10.5. The minimum absolute atomic E-state index is 0.0733. The Morgan fingerprint density at radius 3 is 2.73 bits per heavy atom. The van der Waals surface area contributed by atoms with Crippen LogP contribution in [0.3, 0.4) is 0 Å². The number of hydrogen-bond donors (Lipinski definition) is 0. The molecule has 3 aromatic rings. The van der Waals surface area contributed by atoms with E-state index in [0.717, 1.165) is 5.56 Å². The average molecular weight is 482 g/mol. The van der Waals surface area contributed by atoms with E-state index in [9.17, 15) is 4.79 Å². The van der Waals surface area contributed by atoms with Crippen LogP contribution in [0.4, 0.5) is 0 Å². The number of pyridine rings is 1. The normalized spacial score (nSPS) is 17.6. The fourth-order valence-corrected chi connectivity index (χ4v) is 4.34. The summed E-state index contributed by atoms with van der Waals surface area (Å²) in [5.74, 6) is 1.11. The highest BCUT2D eigenvalue weighted by Gasteiger charge is 2.37. The lowest BCUT2D eigenvalue weighted by Crippen LogP contribution is -2.30. The molecule has 0 N–H and O–H groups in total. The summed E-state index contributed by atoms with van der Waals surface area (Å²) in [6, 6.07) is 12.6. The summed E-state index contributed by atoms with van der Waals surface area (Å²) in [5.41, 5.74) is 1.89. The van der Waals surface area contributed by atoms with E-state index < -0.39 is 0 Å². The van der Waals surface area contributed by atoms with Gasteiger partial charge in [0.1, 0.15) is 17.6 Å². The standard InChI is InChI=1S/C24H21Cl2N5O2/c1-15-28-8-6-22(30-15)24(32)31-13-18(7-9-33-23-5-2-16(11-27)12-29-23)19(14-31)17-3-4-20(25)21(26)10-17/h2-6,8,10,12,18-19H,7,9,13-14H2,1H3. The smallest absolute Gasteiger partial charge is 0.272 e. The van der Waals surface area contributed by atoms with Crippen LogP contribution in [-0.4, -0.2) is 45.5 Å². The van der Waals surface area contributed by atoms with Gasteiger partial charge in [0.05, 0.1) is 22.2 Å². The summed E-state index contributed by atoms with van der Waals surface area (Å²) in [7, 11) is 0. The first-order valence-corrected chi connectivity index (χ1v) is 11.2. The van der Waals surface area contributed by atoms with Crippen molar-refractivity contribution < 1.29 is 9.53 Å². The monoisotopic (exact) mass is 481 g/mol. The number of likely N-dealkylation sites (tertiary alicyclic amines) is 1. The number of ether oxygens (including phenoxy) is 1. The van der Waals surface area contributed by atoms with Crippen molar-refractivity contribution in [3.05, 3.63) is 81.5 Å². The quantitative estimate of drug-likeness (QED) is 0.507. The number of nitrogens with zero attached hydrogens (tertiary/aromatic N) is 5. The largest absolute Gasteiger partial charge is 0.478 e. The van der Waals surface area contributed by atoms with Crippen molar-refractivity contribution in [3.63, 3.8) is 0 Å². The van der Waals surface area contributed by atoms with Gasteiger partial charge in [-0.15, -0.1) is 0 Å². The van der Waals surface area contributed by atoms with Crippen molar-refractivity contribution in [1.29, 1.82) is 5.26 Å². The number of aryl methyl sites for hydroxylation is 1. The van der Waals surface area contributed by atoms with Gasteiger partial charge in [0.15, 0.2) is 0 Å². The summed E-state index contributed by atoms with van der Waals surface area (Å²) in [6.07, 6.45) is 3.78. The molecule has 1 aromatic carbocycles. The number of carbonyl (C=O) groups excluding carboxylic acids is 1. The molecule has 2 unspecified atom stereocenters. The van der Waals surface area contributed by atoms with Crippen LogP contribution in [0.15, 0.2) is 48.8 Å². The van der Waals surface area contributed by atoms with Gasteiger partial charge in [0, 0.05) is 37.5 Å². The number of nitriles is 1. The molecular weight excluding hydrogens is 461 g/mol. The third-order valence-corrected chi connectivity index (χ3v) is 6.44. The molecule has 1 aliphatic rings. The van der Waals surface area contributed by atoms with Crippen LogP contribution in [0.2, 0.25) is 10.0 Å². The molecule has 2 aromatic heterocycles. The SMILES string of the molecule is Cc1nccc(C(=O)N2CC(CCOc3ccc(C#N)cn3)C(c3ccc(Cl)c(Cl)c3)C2)n1. The maximum absolute atomic E-state index is 13.1. The zero-order valence-electron chi connectivity index (χ0n) is 17.9. The Bertz CT molecular complexity index is 1200. The highest BCUT2D eigenvalue weighted by Crippen LogP contribution is 2.37. The van der Waals surface area contributed by atoms with Gasteiger partial charge in [-0.25, -0.2) is 15.0 Å². The van der Waals surface area contributed by atoms with Crippen molar-refractivity contribution >= 4 is 29.1 Å². The van der Waals surface area contributed by atoms with Crippen LogP contribution in [0.25, 0.3) is 0 Å². The van der Waals surface area contributed by atoms with E-state index in [1.807, 2.05) is 23.1 Å². The van der Waals surface area contributed by atoms with Crippen LogP contribution in [-0.2, 0) is 0 Å². The van der Waals surface area contributed by atoms with Crippen molar-refractivity contribution in [2.75, 3.05) is 19.7 Å². The number of aromatic nitrogens is 3.